The third kappa shape index (κ3) is 4.75. The van der Waals surface area contributed by atoms with Crippen LogP contribution in [0.3, 0.4) is 0 Å². The molecule has 1 amide bonds. The molecule has 1 rings (SSSR count). The quantitative estimate of drug-likeness (QED) is 0.850. The molecule has 0 bridgehead atoms. The number of halogens is 1. The van der Waals surface area contributed by atoms with Crippen molar-refractivity contribution in [2.24, 2.45) is 0 Å². The molecule has 4 heteroatoms. The third-order valence-corrected chi connectivity index (χ3v) is 2.74. The van der Waals surface area contributed by atoms with E-state index < -0.39 is 5.60 Å². The van der Waals surface area contributed by atoms with E-state index in [9.17, 15) is 9.90 Å². The van der Waals surface area contributed by atoms with Crippen molar-refractivity contribution in [1.29, 1.82) is 0 Å². The summed E-state index contributed by atoms with van der Waals surface area (Å²) < 4.78 is 0. The highest BCUT2D eigenvalue weighted by molar-refractivity contribution is 6.30. The number of nitrogens with one attached hydrogen (secondary N) is 1. The van der Waals surface area contributed by atoms with E-state index in [1.807, 2.05) is 6.92 Å². The first kappa shape index (κ1) is 14.0. The summed E-state index contributed by atoms with van der Waals surface area (Å²) in [5, 5.41) is 13.2. The smallest absolute Gasteiger partial charge is 0.251 e. The molecule has 0 fully saturated rings. The van der Waals surface area contributed by atoms with Gasteiger partial charge in [-0.05, 0) is 31.5 Å². The second kappa shape index (κ2) is 6.03. The van der Waals surface area contributed by atoms with Crippen LogP contribution in [0.2, 0.25) is 5.02 Å². The van der Waals surface area contributed by atoms with Crippen LogP contribution in [0.15, 0.2) is 24.3 Å². The van der Waals surface area contributed by atoms with E-state index in [2.05, 4.69) is 5.32 Å². The molecule has 0 saturated heterocycles. The molecule has 2 N–H and O–H groups in total. The number of benzene rings is 1. The van der Waals surface area contributed by atoms with Crippen LogP contribution in [0.25, 0.3) is 0 Å². The van der Waals surface area contributed by atoms with Gasteiger partial charge in [-0.15, -0.1) is 0 Å². The van der Waals surface area contributed by atoms with Crippen molar-refractivity contribution in [2.75, 3.05) is 6.54 Å². The first-order valence-electron chi connectivity index (χ1n) is 5.71. The Morgan fingerprint density at radius 3 is 2.82 bits per heavy atom. The van der Waals surface area contributed by atoms with Crippen LogP contribution in [-0.2, 0) is 0 Å². The van der Waals surface area contributed by atoms with Gasteiger partial charge in [0.05, 0.1) is 5.60 Å². The number of hydrogen-bond acceptors (Lipinski definition) is 2. The molecule has 0 heterocycles. The monoisotopic (exact) mass is 255 g/mol. The minimum absolute atomic E-state index is 0.219. The summed E-state index contributed by atoms with van der Waals surface area (Å²) in [6.45, 7) is 3.95. The molecule has 0 saturated carbocycles. The Hall–Kier alpha value is -1.06. The van der Waals surface area contributed by atoms with E-state index in [1.54, 1.807) is 31.2 Å². The normalized spacial score (nSPS) is 14.1. The van der Waals surface area contributed by atoms with Gasteiger partial charge in [0.15, 0.2) is 0 Å². The number of amides is 1. The molecular weight excluding hydrogens is 238 g/mol. The fourth-order valence-corrected chi connectivity index (χ4v) is 1.82. The average Bonchev–Trinajstić information content (AvgIpc) is 2.26. The van der Waals surface area contributed by atoms with Gasteiger partial charge in [-0.2, -0.15) is 0 Å². The number of hydrogen-bond donors (Lipinski definition) is 2. The summed E-state index contributed by atoms with van der Waals surface area (Å²) in [5.74, 6) is -0.219. The van der Waals surface area contributed by atoms with Gasteiger partial charge in [-0.25, -0.2) is 0 Å². The molecule has 1 aromatic rings. The van der Waals surface area contributed by atoms with Crippen molar-refractivity contribution in [3.63, 3.8) is 0 Å². The lowest BCUT2D eigenvalue weighted by Crippen LogP contribution is -2.40. The molecule has 17 heavy (non-hydrogen) atoms. The predicted molar refractivity (Wildman–Crippen MR) is 69.3 cm³/mol. The maximum Gasteiger partial charge on any atom is 0.251 e. The van der Waals surface area contributed by atoms with Crippen molar-refractivity contribution in [2.45, 2.75) is 32.3 Å². The molecule has 3 nitrogen and oxygen atoms in total. The first-order valence-corrected chi connectivity index (χ1v) is 6.08. The van der Waals surface area contributed by atoms with Crippen LogP contribution < -0.4 is 5.32 Å². The van der Waals surface area contributed by atoms with E-state index in [0.29, 0.717) is 17.0 Å². The van der Waals surface area contributed by atoms with Crippen molar-refractivity contribution >= 4 is 17.5 Å². The maximum absolute atomic E-state index is 11.8. The van der Waals surface area contributed by atoms with Crippen LogP contribution >= 0.6 is 11.6 Å². The Labute approximate surface area is 107 Å². The summed E-state index contributed by atoms with van der Waals surface area (Å²) in [4.78, 5) is 11.8. The van der Waals surface area contributed by atoms with Gasteiger partial charge in [0.1, 0.15) is 0 Å². The summed E-state index contributed by atoms with van der Waals surface area (Å²) in [5.41, 5.74) is -0.354. The van der Waals surface area contributed by atoms with Gasteiger partial charge < -0.3 is 10.4 Å². The van der Waals surface area contributed by atoms with Crippen LogP contribution in [0.4, 0.5) is 0 Å². The summed E-state index contributed by atoms with van der Waals surface area (Å²) >= 11 is 5.80. The zero-order valence-corrected chi connectivity index (χ0v) is 10.9. The van der Waals surface area contributed by atoms with E-state index in [1.165, 1.54) is 0 Å². The molecule has 0 aromatic heterocycles. The number of aliphatic hydroxyl groups is 1. The fraction of sp³-hybridized carbons (Fsp3) is 0.462. The Morgan fingerprint density at radius 2 is 2.24 bits per heavy atom. The van der Waals surface area contributed by atoms with Gasteiger partial charge in [0.2, 0.25) is 0 Å². The lowest BCUT2D eigenvalue weighted by Gasteiger charge is -2.22. The zero-order valence-electron chi connectivity index (χ0n) is 10.2. The van der Waals surface area contributed by atoms with Crippen LogP contribution in [-0.4, -0.2) is 23.2 Å². The Morgan fingerprint density at radius 1 is 1.53 bits per heavy atom. The van der Waals surface area contributed by atoms with Crippen molar-refractivity contribution in [1.82, 2.24) is 5.32 Å². The molecule has 0 spiro atoms. The van der Waals surface area contributed by atoms with Gasteiger partial charge in [-0.3, -0.25) is 4.79 Å². The standard InChI is InChI=1S/C13H18ClNO2/c1-3-7-13(2,17)9-15-12(16)10-5-4-6-11(14)8-10/h4-6,8,17H,3,7,9H2,1-2H3,(H,15,16). The summed E-state index contributed by atoms with van der Waals surface area (Å²) in [6, 6.07) is 6.73. The Balaban J connectivity index is 2.56. The van der Waals surface area contributed by atoms with Gasteiger partial charge in [0.25, 0.3) is 5.91 Å². The molecular formula is C13H18ClNO2. The molecule has 0 aliphatic carbocycles. The molecule has 1 atom stereocenters. The SMILES string of the molecule is CCCC(C)(O)CNC(=O)c1cccc(Cl)c1. The van der Waals surface area contributed by atoms with Gasteiger partial charge in [-0.1, -0.05) is 31.0 Å². The lowest BCUT2D eigenvalue weighted by atomic mass is 10.0. The Kier molecular flexibility index (Phi) is 4.97. The van der Waals surface area contributed by atoms with Gasteiger partial charge in [0, 0.05) is 17.1 Å². The number of carbonyl (C=O) groups is 1. The van der Waals surface area contributed by atoms with Gasteiger partial charge >= 0.3 is 0 Å². The van der Waals surface area contributed by atoms with E-state index >= 15 is 0 Å². The minimum Gasteiger partial charge on any atom is -0.388 e. The highest BCUT2D eigenvalue weighted by Gasteiger charge is 2.20. The van der Waals surface area contributed by atoms with E-state index in [-0.39, 0.29) is 12.5 Å². The molecule has 0 aliphatic heterocycles. The topological polar surface area (TPSA) is 49.3 Å². The Bertz CT molecular complexity index is 391. The number of rotatable bonds is 5. The van der Waals surface area contributed by atoms with Crippen molar-refractivity contribution < 1.29 is 9.90 Å². The fourth-order valence-electron chi connectivity index (χ4n) is 1.63. The third-order valence-electron chi connectivity index (χ3n) is 2.51. The molecule has 1 unspecified atom stereocenters. The molecule has 94 valence electrons. The van der Waals surface area contributed by atoms with Crippen LogP contribution in [0.1, 0.15) is 37.0 Å². The second-order valence-electron chi connectivity index (χ2n) is 4.44. The predicted octanol–water partition coefficient (Wildman–Crippen LogP) is 2.62. The zero-order chi connectivity index (χ0) is 12.9. The highest BCUT2D eigenvalue weighted by Crippen LogP contribution is 2.12. The molecule has 0 aliphatic rings. The first-order chi connectivity index (χ1) is 7.94. The molecule has 1 aromatic carbocycles. The van der Waals surface area contributed by atoms with Crippen molar-refractivity contribution in [3.05, 3.63) is 34.9 Å². The number of carbonyl (C=O) groups excluding carboxylic acids is 1. The van der Waals surface area contributed by atoms with E-state index in [0.717, 1.165) is 6.42 Å². The lowest BCUT2D eigenvalue weighted by molar-refractivity contribution is 0.0469. The van der Waals surface area contributed by atoms with Crippen molar-refractivity contribution in [3.8, 4) is 0 Å². The molecule has 0 radical (unpaired) electrons. The summed E-state index contributed by atoms with van der Waals surface area (Å²) in [6.07, 6.45) is 1.53. The van der Waals surface area contributed by atoms with Crippen LogP contribution in [0, 0.1) is 0 Å². The second-order valence-corrected chi connectivity index (χ2v) is 4.88. The summed E-state index contributed by atoms with van der Waals surface area (Å²) in [7, 11) is 0. The maximum atomic E-state index is 11.8. The highest BCUT2D eigenvalue weighted by atomic mass is 35.5. The van der Waals surface area contributed by atoms with Crippen LogP contribution in [0.5, 0.6) is 0 Å². The minimum atomic E-state index is -0.858. The average molecular weight is 256 g/mol. The largest absolute Gasteiger partial charge is 0.388 e. The van der Waals surface area contributed by atoms with E-state index in [4.69, 9.17) is 11.6 Å².